The van der Waals surface area contributed by atoms with Gasteiger partial charge in [0.2, 0.25) is 0 Å². The Bertz CT molecular complexity index is 357. The third-order valence-corrected chi connectivity index (χ3v) is 3.48. The number of rotatable bonds is 0. The Morgan fingerprint density at radius 2 is 2.00 bits per heavy atom. The molecule has 1 unspecified atom stereocenters. The maximum Gasteiger partial charge on any atom is 0.0576 e. The number of halogens is 1. The summed E-state index contributed by atoms with van der Waals surface area (Å²) >= 11 is 3.58. The average Bonchev–Trinajstić information content (AvgIpc) is 2.15. The maximum atomic E-state index is 3.58. The Balaban J connectivity index is 2.56. The fourth-order valence-electron chi connectivity index (χ4n) is 1.59. The van der Waals surface area contributed by atoms with Crippen LogP contribution in [0.4, 0.5) is 5.69 Å². The van der Waals surface area contributed by atoms with Crippen LogP contribution in [0.15, 0.2) is 28.7 Å². The molecule has 0 bridgehead atoms. The fraction of sp³-hybridized carbons (Fsp3) is 0.273. The second-order valence-corrected chi connectivity index (χ2v) is 4.29. The molecule has 1 aromatic rings. The quantitative estimate of drug-likeness (QED) is 0.670. The van der Waals surface area contributed by atoms with Gasteiger partial charge in [-0.05, 0) is 24.6 Å². The van der Waals surface area contributed by atoms with Crippen LogP contribution in [0.1, 0.15) is 12.5 Å². The number of benzene rings is 1. The highest BCUT2D eigenvalue weighted by Gasteiger charge is 2.19. The zero-order valence-corrected chi connectivity index (χ0v) is 9.38. The first-order valence-electron chi connectivity index (χ1n) is 4.39. The van der Waals surface area contributed by atoms with Gasteiger partial charge in [-0.3, -0.25) is 0 Å². The van der Waals surface area contributed by atoms with E-state index >= 15 is 0 Å². The van der Waals surface area contributed by atoms with E-state index in [1.807, 2.05) is 0 Å². The second-order valence-electron chi connectivity index (χ2n) is 3.37. The summed E-state index contributed by atoms with van der Waals surface area (Å²) in [7, 11) is 2.12. The molecule has 0 aliphatic carbocycles. The standard InChI is InChI=1S/C11H12BrN/c1-8-10(12)7-9-5-3-4-6-11(9)13(8)2/h3-8H,1-2H3. The van der Waals surface area contributed by atoms with Gasteiger partial charge in [0, 0.05) is 17.2 Å². The van der Waals surface area contributed by atoms with Crippen LogP contribution in [0.25, 0.3) is 6.08 Å². The predicted molar refractivity (Wildman–Crippen MR) is 61.2 cm³/mol. The van der Waals surface area contributed by atoms with Crippen molar-refractivity contribution < 1.29 is 0 Å². The molecule has 2 heteroatoms. The van der Waals surface area contributed by atoms with Gasteiger partial charge in [-0.1, -0.05) is 34.1 Å². The third-order valence-electron chi connectivity index (χ3n) is 2.59. The van der Waals surface area contributed by atoms with E-state index in [0.29, 0.717) is 6.04 Å². The molecule has 0 saturated heterocycles. The van der Waals surface area contributed by atoms with E-state index in [2.05, 4.69) is 65.1 Å². The lowest BCUT2D eigenvalue weighted by atomic mass is 10.0. The van der Waals surface area contributed by atoms with Gasteiger partial charge in [0.15, 0.2) is 0 Å². The van der Waals surface area contributed by atoms with E-state index in [-0.39, 0.29) is 0 Å². The molecule has 2 rings (SSSR count). The smallest absolute Gasteiger partial charge is 0.0576 e. The fourth-order valence-corrected chi connectivity index (χ4v) is 2.15. The Labute approximate surface area is 87.2 Å². The lowest BCUT2D eigenvalue weighted by molar-refractivity contribution is 0.810. The molecule has 1 nitrogen and oxygen atoms in total. The van der Waals surface area contributed by atoms with Crippen molar-refractivity contribution in [3.63, 3.8) is 0 Å². The molecule has 0 radical (unpaired) electrons. The van der Waals surface area contributed by atoms with Crippen molar-refractivity contribution in [1.29, 1.82) is 0 Å². The SMILES string of the molecule is CC1C(Br)=Cc2ccccc2N1C. The van der Waals surface area contributed by atoms with E-state index in [9.17, 15) is 0 Å². The molecular formula is C11H12BrN. The van der Waals surface area contributed by atoms with Crippen molar-refractivity contribution in [2.75, 3.05) is 11.9 Å². The molecule has 13 heavy (non-hydrogen) atoms. The van der Waals surface area contributed by atoms with Crippen LogP contribution in [0, 0.1) is 0 Å². The Morgan fingerprint density at radius 1 is 1.31 bits per heavy atom. The summed E-state index contributed by atoms with van der Waals surface area (Å²) in [6, 6.07) is 8.88. The normalized spacial score (nSPS) is 21.0. The largest absolute Gasteiger partial charge is 0.367 e. The molecular weight excluding hydrogens is 226 g/mol. The summed E-state index contributed by atoms with van der Waals surface area (Å²) in [6.07, 6.45) is 2.19. The summed E-state index contributed by atoms with van der Waals surface area (Å²) in [4.78, 5) is 2.28. The van der Waals surface area contributed by atoms with Crippen molar-refractivity contribution in [3.8, 4) is 0 Å². The summed E-state index contributed by atoms with van der Waals surface area (Å²) in [5, 5.41) is 0. The molecule has 1 atom stereocenters. The van der Waals surface area contributed by atoms with Crippen LogP contribution in [0.2, 0.25) is 0 Å². The minimum atomic E-state index is 0.440. The van der Waals surface area contributed by atoms with Gasteiger partial charge in [0.1, 0.15) is 0 Å². The number of hydrogen-bond donors (Lipinski definition) is 0. The van der Waals surface area contributed by atoms with Crippen molar-refractivity contribution >= 4 is 27.7 Å². The first kappa shape index (κ1) is 8.82. The average molecular weight is 238 g/mol. The van der Waals surface area contributed by atoms with Crippen LogP contribution in [0.5, 0.6) is 0 Å². The van der Waals surface area contributed by atoms with E-state index in [1.54, 1.807) is 0 Å². The molecule has 0 amide bonds. The van der Waals surface area contributed by atoms with Crippen LogP contribution >= 0.6 is 15.9 Å². The number of nitrogens with zero attached hydrogens (tertiary/aromatic N) is 1. The molecule has 0 fully saturated rings. The lowest BCUT2D eigenvalue weighted by Gasteiger charge is -2.32. The summed E-state index contributed by atoms with van der Waals surface area (Å²) < 4.78 is 1.24. The first-order valence-corrected chi connectivity index (χ1v) is 5.18. The second kappa shape index (κ2) is 3.18. The van der Waals surface area contributed by atoms with Gasteiger partial charge in [0.05, 0.1) is 6.04 Å². The van der Waals surface area contributed by atoms with Crippen LogP contribution in [-0.4, -0.2) is 13.1 Å². The number of fused-ring (bicyclic) bond motifs is 1. The molecule has 1 aliphatic heterocycles. The molecule has 0 N–H and O–H groups in total. The van der Waals surface area contributed by atoms with Gasteiger partial charge in [-0.2, -0.15) is 0 Å². The van der Waals surface area contributed by atoms with Crippen LogP contribution < -0.4 is 4.90 Å². The summed E-state index contributed by atoms with van der Waals surface area (Å²) in [5.41, 5.74) is 2.59. The molecule has 0 aromatic heterocycles. The van der Waals surface area contributed by atoms with E-state index < -0.39 is 0 Å². The molecule has 0 spiro atoms. The van der Waals surface area contributed by atoms with E-state index in [0.717, 1.165) is 0 Å². The zero-order chi connectivity index (χ0) is 9.42. The monoisotopic (exact) mass is 237 g/mol. The number of para-hydroxylation sites is 1. The molecule has 0 saturated carbocycles. The minimum Gasteiger partial charge on any atom is -0.367 e. The molecule has 1 aliphatic rings. The van der Waals surface area contributed by atoms with Crippen molar-refractivity contribution in [1.82, 2.24) is 0 Å². The van der Waals surface area contributed by atoms with Gasteiger partial charge in [0.25, 0.3) is 0 Å². The van der Waals surface area contributed by atoms with Crippen molar-refractivity contribution in [3.05, 3.63) is 34.3 Å². The van der Waals surface area contributed by atoms with Crippen molar-refractivity contribution in [2.45, 2.75) is 13.0 Å². The van der Waals surface area contributed by atoms with E-state index in [4.69, 9.17) is 0 Å². The third kappa shape index (κ3) is 1.39. The maximum absolute atomic E-state index is 3.58. The van der Waals surface area contributed by atoms with Crippen molar-refractivity contribution in [2.24, 2.45) is 0 Å². The van der Waals surface area contributed by atoms with Gasteiger partial charge >= 0.3 is 0 Å². The molecule has 68 valence electrons. The Morgan fingerprint density at radius 3 is 2.77 bits per heavy atom. The number of likely N-dealkylation sites (N-methyl/N-ethyl adjacent to an activating group) is 1. The first-order chi connectivity index (χ1) is 6.20. The van der Waals surface area contributed by atoms with Crippen LogP contribution in [0.3, 0.4) is 0 Å². The van der Waals surface area contributed by atoms with Crippen LogP contribution in [-0.2, 0) is 0 Å². The minimum absolute atomic E-state index is 0.440. The van der Waals surface area contributed by atoms with Gasteiger partial charge in [-0.15, -0.1) is 0 Å². The van der Waals surface area contributed by atoms with E-state index in [1.165, 1.54) is 15.7 Å². The molecule has 1 heterocycles. The van der Waals surface area contributed by atoms with Gasteiger partial charge < -0.3 is 4.90 Å². The highest BCUT2D eigenvalue weighted by Crippen LogP contribution is 2.33. The highest BCUT2D eigenvalue weighted by molar-refractivity contribution is 9.11. The number of hydrogen-bond acceptors (Lipinski definition) is 1. The topological polar surface area (TPSA) is 3.24 Å². The summed E-state index contributed by atoms with van der Waals surface area (Å²) in [5.74, 6) is 0. The highest BCUT2D eigenvalue weighted by atomic mass is 79.9. The Kier molecular flexibility index (Phi) is 2.16. The summed E-state index contributed by atoms with van der Waals surface area (Å²) in [6.45, 7) is 2.19. The lowest BCUT2D eigenvalue weighted by Crippen LogP contribution is -2.31. The molecule has 1 aromatic carbocycles. The van der Waals surface area contributed by atoms with Gasteiger partial charge in [-0.25, -0.2) is 0 Å². The zero-order valence-electron chi connectivity index (χ0n) is 7.79. The predicted octanol–water partition coefficient (Wildman–Crippen LogP) is 3.26. The Hall–Kier alpha value is -0.760. The number of anilines is 1.